The Bertz CT molecular complexity index is 822. The van der Waals surface area contributed by atoms with E-state index >= 15 is 0 Å². The van der Waals surface area contributed by atoms with E-state index in [0.717, 1.165) is 69.8 Å². The lowest BCUT2D eigenvalue weighted by Gasteiger charge is -2.47. The van der Waals surface area contributed by atoms with Gasteiger partial charge in [-0.15, -0.1) is 0 Å². The number of hydrogen-bond acceptors (Lipinski definition) is 5. The molecule has 0 radical (unpaired) electrons. The van der Waals surface area contributed by atoms with Gasteiger partial charge in [-0.2, -0.15) is 0 Å². The van der Waals surface area contributed by atoms with Gasteiger partial charge in [-0.05, 0) is 51.1 Å². The van der Waals surface area contributed by atoms with Crippen LogP contribution in [-0.2, 0) is 24.4 Å². The van der Waals surface area contributed by atoms with Gasteiger partial charge in [0.05, 0.1) is 30.7 Å². The first-order valence-electron chi connectivity index (χ1n) is 10.8. The molecule has 0 aromatic carbocycles. The molecule has 1 spiro atoms. The maximum Gasteiger partial charge on any atom is 0.222 e. The molecule has 156 valence electrons. The Balaban J connectivity index is 1.35. The van der Waals surface area contributed by atoms with Gasteiger partial charge in [0.1, 0.15) is 5.82 Å². The van der Waals surface area contributed by atoms with E-state index in [1.54, 1.807) is 12.4 Å². The quantitative estimate of drug-likeness (QED) is 0.751. The van der Waals surface area contributed by atoms with Gasteiger partial charge in [-0.1, -0.05) is 6.92 Å². The van der Waals surface area contributed by atoms with E-state index in [2.05, 4.69) is 37.5 Å². The second-order valence-electron chi connectivity index (χ2n) is 8.71. The van der Waals surface area contributed by atoms with Gasteiger partial charge in [0, 0.05) is 38.1 Å². The minimum absolute atomic E-state index is 0.251. The molecule has 2 aromatic heterocycles. The van der Waals surface area contributed by atoms with Gasteiger partial charge in [0.25, 0.3) is 0 Å². The summed E-state index contributed by atoms with van der Waals surface area (Å²) in [4.78, 5) is 30.4. The molecular formula is C22H32N6O. The van der Waals surface area contributed by atoms with Crippen LogP contribution in [0, 0.1) is 12.3 Å². The Morgan fingerprint density at radius 1 is 1.07 bits per heavy atom. The van der Waals surface area contributed by atoms with Crippen molar-refractivity contribution in [3.63, 3.8) is 0 Å². The highest BCUT2D eigenvalue weighted by atomic mass is 16.2. The molecule has 0 bridgehead atoms. The molecule has 0 unspecified atom stereocenters. The Morgan fingerprint density at radius 3 is 2.62 bits per heavy atom. The highest BCUT2D eigenvalue weighted by Crippen LogP contribution is 2.40. The standard InChI is InChI=1S/C22H32N6O/c1-3-9-27-12-8-23-20(27)16-26-10-6-22(7-11-26)5-4-21(29)28(17-22)15-19-14-24-18(2)13-25-19/h8,12-14H,3-7,9-11,15-17H2,1-2H3. The summed E-state index contributed by atoms with van der Waals surface area (Å²) in [6, 6.07) is 0. The number of aryl methyl sites for hydroxylation is 2. The maximum absolute atomic E-state index is 12.5. The summed E-state index contributed by atoms with van der Waals surface area (Å²) in [6.07, 6.45) is 12.7. The Hall–Kier alpha value is -2.28. The number of likely N-dealkylation sites (tertiary alicyclic amines) is 2. The first-order valence-corrected chi connectivity index (χ1v) is 10.8. The third-order valence-corrected chi connectivity index (χ3v) is 6.48. The van der Waals surface area contributed by atoms with Gasteiger partial charge in [0.2, 0.25) is 5.91 Å². The molecule has 4 heterocycles. The molecule has 4 rings (SSSR count). The van der Waals surface area contributed by atoms with Crippen molar-refractivity contribution in [2.45, 2.75) is 65.6 Å². The number of aromatic nitrogens is 4. The van der Waals surface area contributed by atoms with Gasteiger partial charge in [-0.3, -0.25) is 19.7 Å². The molecule has 2 aliphatic heterocycles. The highest BCUT2D eigenvalue weighted by Gasteiger charge is 2.41. The number of rotatable bonds is 6. The summed E-state index contributed by atoms with van der Waals surface area (Å²) in [7, 11) is 0. The van der Waals surface area contributed by atoms with Crippen molar-refractivity contribution >= 4 is 5.91 Å². The van der Waals surface area contributed by atoms with E-state index in [1.807, 2.05) is 18.0 Å². The molecule has 2 aromatic rings. The van der Waals surface area contributed by atoms with Crippen LogP contribution in [0.3, 0.4) is 0 Å². The number of imidazole rings is 1. The normalized spacial score (nSPS) is 19.8. The number of amides is 1. The fraction of sp³-hybridized carbons (Fsp3) is 0.636. The van der Waals surface area contributed by atoms with E-state index in [9.17, 15) is 4.79 Å². The van der Waals surface area contributed by atoms with Crippen molar-refractivity contribution < 1.29 is 4.79 Å². The lowest BCUT2D eigenvalue weighted by atomic mass is 9.72. The minimum Gasteiger partial charge on any atom is -0.336 e. The monoisotopic (exact) mass is 396 g/mol. The molecule has 7 nitrogen and oxygen atoms in total. The highest BCUT2D eigenvalue weighted by molar-refractivity contribution is 5.77. The van der Waals surface area contributed by atoms with Crippen LogP contribution in [0.15, 0.2) is 24.8 Å². The van der Waals surface area contributed by atoms with E-state index in [-0.39, 0.29) is 11.3 Å². The van der Waals surface area contributed by atoms with Crippen LogP contribution >= 0.6 is 0 Å². The molecule has 29 heavy (non-hydrogen) atoms. The van der Waals surface area contributed by atoms with E-state index in [1.165, 1.54) is 5.82 Å². The van der Waals surface area contributed by atoms with Crippen molar-refractivity contribution in [2.24, 2.45) is 5.41 Å². The first-order chi connectivity index (χ1) is 14.1. The summed E-state index contributed by atoms with van der Waals surface area (Å²) in [5, 5.41) is 0. The SMILES string of the molecule is CCCn1ccnc1CN1CCC2(CCC(=O)N(Cc3cnc(C)cn3)C2)CC1. The second kappa shape index (κ2) is 8.61. The zero-order chi connectivity index (χ0) is 20.3. The number of carbonyl (C=O) groups excluding carboxylic acids is 1. The number of piperidine rings is 2. The fourth-order valence-electron chi connectivity index (χ4n) is 4.67. The third kappa shape index (κ3) is 4.66. The average molecular weight is 397 g/mol. The molecule has 0 aliphatic carbocycles. The topological polar surface area (TPSA) is 67.2 Å². The molecule has 2 saturated heterocycles. The predicted octanol–water partition coefficient (Wildman–Crippen LogP) is 2.80. The second-order valence-corrected chi connectivity index (χ2v) is 8.71. The minimum atomic E-state index is 0.251. The van der Waals surface area contributed by atoms with Crippen molar-refractivity contribution in [2.75, 3.05) is 19.6 Å². The van der Waals surface area contributed by atoms with Crippen LogP contribution in [0.5, 0.6) is 0 Å². The molecule has 2 fully saturated rings. The summed E-state index contributed by atoms with van der Waals surface area (Å²) < 4.78 is 2.27. The molecule has 7 heteroatoms. The molecule has 1 amide bonds. The van der Waals surface area contributed by atoms with Crippen LogP contribution < -0.4 is 0 Å². The molecule has 2 aliphatic rings. The number of carbonyl (C=O) groups is 1. The average Bonchev–Trinajstić information content (AvgIpc) is 3.16. The smallest absolute Gasteiger partial charge is 0.222 e. The number of nitrogens with zero attached hydrogens (tertiary/aromatic N) is 6. The van der Waals surface area contributed by atoms with Crippen LogP contribution in [0.1, 0.15) is 56.2 Å². The molecule has 0 atom stereocenters. The molecule has 0 saturated carbocycles. The zero-order valence-electron chi connectivity index (χ0n) is 17.7. The van der Waals surface area contributed by atoms with Crippen molar-refractivity contribution in [3.8, 4) is 0 Å². The Morgan fingerprint density at radius 2 is 1.90 bits per heavy atom. The van der Waals surface area contributed by atoms with E-state index < -0.39 is 0 Å². The Kier molecular flexibility index (Phi) is 5.94. The maximum atomic E-state index is 12.5. The van der Waals surface area contributed by atoms with Gasteiger partial charge >= 0.3 is 0 Å². The lowest BCUT2D eigenvalue weighted by Crippen LogP contribution is -2.51. The van der Waals surface area contributed by atoms with E-state index in [4.69, 9.17) is 0 Å². The Labute approximate surface area is 173 Å². The lowest BCUT2D eigenvalue weighted by molar-refractivity contribution is -0.140. The summed E-state index contributed by atoms with van der Waals surface area (Å²) in [5.74, 6) is 1.42. The van der Waals surface area contributed by atoms with Crippen molar-refractivity contribution in [3.05, 3.63) is 42.0 Å². The van der Waals surface area contributed by atoms with Gasteiger partial charge in [-0.25, -0.2) is 4.98 Å². The first kappa shape index (κ1) is 20.0. The van der Waals surface area contributed by atoms with Crippen molar-refractivity contribution in [1.82, 2.24) is 29.3 Å². The van der Waals surface area contributed by atoms with Crippen LogP contribution in [0.4, 0.5) is 0 Å². The summed E-state index contributed by atoms with van der Waals surface area (Å²) in [6.45, 7) is 9.66. The summed E-state index contributed by atoms with van der Waals surface area (Å²) in [5.41, 5.74) is 2.03. The molecule has 0 N–H and O–H groups in total. The summed E-state index contributed by atoms with van der Waals surface area (Å²) >= 11 is 0. The van der Waals surface area contributed by atoms with E-state index in [0.29, 0.717) is 13.0 Å². The predicted molar refractivity (Wildman–Crippen MR) is 111 cm³/mol. The largest absolute Gasteiger partial charge is 0.336 e. The van der Waals surface area contributed by atoms with Crippen LogP contribution in [0.2, 0.25) is 0 Å². The van der Waals surface area contributed by atoms with Crippen LogP contribution in [0.25, 0.3) is 0 Å². The number of hydrogen-bond donors (Lipinski definition) is 0. The fourth-order valence-corrected chi connectivity index (χ4v) is 4.67. The van der Waals surface area contributed by atoms with Gasteiger partial charge < -0.3 is 9.47 Å². The van der Waals surface area contributed by atoms with Crippen molar-refractivity contribution in [1.29, 1.82) is 0 Å². The van der Waals surface area contributed by atoms with Gasteiger partial charge in [0.15, 0.2) is 0 Å². The van der Waals surface area contributed by atoms with Crippen LogP contribution in [-0.4, -0.2) is 54.9 Å². The third-order valence-electron chi connectivity index (χ3n) is 6.48. The zero-order valence-corrected chi connectivity index (χ0v) is 17.7. The molecular weight excluding hydrogens is 364 g/mol.